The van der Waals surface area contributed by atoms with Crippen LogP contribution in [0.3, 0.4) is 0 Å². The van der Waals surface area contributed by atoms with Crippen LogP contribution >= 0.6 is 11.3 Å². The smallest absolute Gasteiger partial charge is 0.156 e. The fourth-order valence-corrected chi connectivity index (χ4v) is 3.52. The van der Waals surface area contributed by atoms with Crippen molar-refractivity contribution in [2.75, 3.05) is 5.32 Å². The Morgan fingerprint density at radius 2 is 2.10 bits per heavy atom. The van der Waals surface area contributed by atoms with E-state index in [1.165, 1.54) is 27.4 Å². The van der Waals surface area contributed by atoms with Gasteiger partial charge in [-0.1, -0.05) is 17.7 Å². The normalized spacial score (nSPS) is 16.4. The highest BCUT2D eigenvalue weighted by Crippen LogP contribution is 2.39. The zero-order chi connectivity index (χ0) is 13.7. The van der Waals surface area contributed by atoms with Crippen molar-refractivity contribution in [3.05, 3.63) is 57.9 Å². The van der Waals surface area contributed by atoms with E-state index in [0.717, 1.165) is 5.69 Å². The standard InChI is InChI=1S/C16H15N3S/c1-10-5-6-13-12(8-10)14-9-11(2)18-19(14)16(17-13)15-4-3-7-20-15/h3-9,16-17H,1-2H3/t16-/m1/s1. The van der Waals surface area contributed by atoms with E-state index in [-0.39, 0.29) is 6.17 Å². The van der Waals surface area contributed by atoms with Crippen molar-refractivity contribution in [3.63, 3.8) is 0 Å². The van der Waals surface area contributed by atoms with E-state index in [0.29, 0.717) is 0 Å². The van der Waals surface area contributed by atoms with Crippen LogP contribution in [0.15, 0.2) is 41.8 Å². The van der Waals surface area contributed by atoms with Crippen LogP contribution in [0.4, 0.5) is 5.69 Å². The minimum Gasteiger partial charge on any atom is -0.359 e. The van der Waals surface area contributed by atoms with Gasteiger partial charge in [-0.25, -0.2) is 4.68 Å². The van der Waals surface area contributed by atoms with Crippen molar-refractivity contribution in [2.24, 2.45) is 0 Å². The summed E-state index contributed by atoms with van der Waals surface area (Å²) in [6, 6.07) is 12.9. The summed E-state index contributed by atoms with van der Waals surface area (Å²) in [4.78, 5) is 1.28. The van der Waals surface area contributed by atoms with Gasteiger partial charge >= 0.3 is 0 Å². The summed E-state index contributed by atoms with van der Waals surface area (Å²) in [5.74, 6) is 0. The molecule has 3 nitrogen and oxygen atoms in total. The lowest BCUT2D eigenvalue weighted by atomic mass is 10.0. The first-order valence-corrected chi connectivity index (χ1v) is 7.57. The summed E-state index contributed by atoms with van der Waals surface area (Å²) in [7, 11) is 0. The Morgan fingerprint density at radius 1 is 1.20 bits per heavy atom. The third kappa shape index (κ3) is 1.68. The molecule has 20 heavy (non-hydrogen) atoms. The molecular weight excluding hydrogens is 266 g/mol. The third-order valence-electron chi connectivity index (χ3n) is 3.66. The molecule has 0 saturated heterocycles. The molecular formula is C16H15N3S. The second kappa shape index (κ2) is 4.21. The Hall–Kier alpha value is -2.07. The van der Waals surface area contributed by atoms with E-state index in [1.807, 2.05) is 6.92 Å². The predicted octanol–water partition coefficient (Wildman–Crippen LogP) is 4.20. The summed E-state index contributed by atoms with van der Waals surface area (Å²) in [6.07, 6.45) is 0.0916. The van der Waals surface area contributed by atoms with Gasteiger partial charge in [0.15, 0.2) is 6.17 Å². The van der Waals surface area contributed by atoms with E-state index in [2.05, 4.69) is 63.8 Å². The van der Waals surface area contributed by atoms with Crippen LogP contribution in [-0.2, 0) is 0 Å². The van der Waals surface area contributed by atoms with E-state index in [4.69, 9.17) is 0 Å². The number of nitrogens with one attached hydrogen (secondary N) is 1. The summed E-state index contributed by atoms with van der Waals surface area (Å²) >= 11 is 1.76. The largest absolute Gasteiger partial charge is 0.359 e. The van der Waals surface area contributed by atoms with E-state index in [1.54, 1.807) is 11.3 Å². The fraction of sp³-hybridized carbons (Fsp3) is 0.188. The van der Waals surface area contributed by atoms with Crippen LogP contribution in [0.1, 0.15) is 22.3 Å². The molecule has 0 unspecified atom stereocenters. The SMILES string of the molecule is Cc1ccc2c(c1)-c1cc(C)nn1[C@H](c1cccs1)N2. The van der Waals surface area contributed by atoms with Gasteiger partial charge in [0.2, 0.25) is 0 Å². The molecule has 0 aliphatic carbocycles. The van der Waals surface area contributed by atoms with Gasteiger partial charge in [-0.3, -0.25) is 0 Å². The lowest BCUT2D eigenvalue weighted by Crippen LogP contribution is -2.24. The molecule has 100 valence electrons. The summed E-state index contributed by atoms with van der Waals surface area (Å²) in [5, 5.41) is 10.4. The molecule has 1 atom stereocenters. The molecule has 0 spiro atoms. The van der Waals surface area contributed by atoms with Crippen LogP contribution in [0.25, 0.3) is 11.3 Å². The fourth-order valence-electron chi connectivity index (χ4n) is 2.76. The zero-order valence-electron chi connectivity index (χ0n) is 11.4. The molecule has 3 heterocycles. The topological polar surface area (TPSA) is 29.9 Å². The first-order chi connectivity index (χ1) is 9.72. The number of thiophene rings is 1. The maximum absolute atomic E-state index is 4.68. The van der Waals surface area contributed by atoms with Crippen LogP contribution in [-0.4, -0.2) is 9.78 Å². The van der Waals surface area contributed by atoms with Gasteiger partial charge in [0.25, 0.3) is 0 Å². The lowest BCUT2D eigenvalue weighted by molar-refractivity contribution is 0.579. The maximum atomic E-state index is 4.68. The number of hydrogen-bond donors (Lipinski definition) is 1. The second-order valence-corrected chi connectivity index (χ2v) is 6.21. The van der Waals surface area contributed by atoms with Crippen molar-refractivity contribution in [1.29, 1.82) is 0 Å². The number of hydrogen-bond acceptors (Lipinski definition) is 3. The van der Waals surface area contributed by atoms with Gasteiger partial charge in [-0.15, -0.1) is 11.3 Å². The summed E-state index contributed by atoms with van der Waals surface area (Å²) in [5.41, 5.74) is 5.93. The van der Waals surface area contributed by atoms with E-state index in [9.17, 15) is 0 Å². The molecule has 0 fully saturated rings. The molecule has 4 heteroatoms. The minimum atomic E-state index is 0.0916. The molecule has 0 bridgehead atoms. The van der Waals surface area contributed by atoms with Crippen LogP contribution < -0.4 is 5.32 Å². The minimum absolute atomic E-state index is 0.0916. The first kappa shape index (κ1) is 11.7. The van der Waals surface area contributed by atoms with Crippen LogP contribution in [0, 0.1) is 13.8 Å². The summed E-state index contributed by atoms with van der Waals surface area (Å²) < 4.78 is 2.10. The molecule has 1 N–H and O–H groups in total. The molecule has 0 radical (unpaired) electrons. The average Bonchev–Trinajstić information content (AvgIpc) is 3.06. The number of benzene rings is 1. The number of rotatable bonds is 1. The molecule has 1 aromatic carbocycles. The van der Waals surface area contributed by atoms with Crippen molar-refractivity contribution >= 4 is 17.0 Å². The number of fused-ring (bicyclic) bond motifs is 3. The Balaban J connectivity index is 1.95. The Labute approximate surface area is 121 Å². The number of aryl methyl sites for hydroxylation is 2. The Bertz CT molecular complexity index is 771. The van der Waals surface area contributed by atoms with Gasteiger partial charge < -0.3 is 5.32 Å². The van der Waals surface area contributed by atoms with Crippen molar-refractivity contribution in [2.45, 2.75) is 20.0 Å². The molecule has 0 saturated carbocycles. The molecule has 1 aliphatic rings. The van der Waals surface area contributed by atoms with E-state index >= 15 is 0 Å². The first-order valence-electron chi connectivity index (χ1n) is 6.69. The molecule has 3 aromatic rings. The lowest BCUT2D eigenvalue weighted by Gasteiger charge is -2.28. The van der Waals surface area contributed by atoms with Crippen molar-refractivity contribution < 1.29 is 0 Å². The van der Waals surface area contributed by atoms with Gasteiger partial charge in [0.1, 0.15) is 0 Å². The van der Waals surface area contributed by atoms with Gasteiger partial charge in [0, 0.05) is 16.1 Å². The van der Waals surface area contributed by atoms with Crippen molar-refractivity contribution in [1.82, 2.24) is 9.78 Å². The number of aromatic nitrogens is 2. The predicted molar refractivity (Wildman–Crippen MR) is 83.2 cm³/mol. The third-order valence-corrected chi connectivity index (χ3v) is 4.58. The van der Waals surface area contributed by atoms with E-state index < -0.39 is 0 Å². The monoisotopic (exact) mass is 281 g/mol. The van der Waals surface area contributed by atoms with Gasteiger partial charge in [-0.2, -0.15) is 5.10 Å². The zero-order valence-corrected chi connectivity index (χ0v) is 12.2. The van der Waals surface area contributed by atoms with Crippen LogP contribution in [0.2, 0.25) is 0 Å². The highest BCUT2D eigenvalue weighted by Gasteiger charge is 2.26. The van der Waals surface area contributed by atoms with Gasteiger partial charge in [0.05, 0.1) is 11.4 Å². The Kier molecular flexibility index (Phi) is 2.47. The number of anilines is 1. The van der Waals surface area contributed by atoms with Crippen LogP contribution in [0.5, 0.6) is 0 Å². The highest BCUT2D eigenvalue weighted by molar-refractivity contribution is 7.10. The molecule has 1 aliphatic heterocycles. The quantitative estimate of drug-likeness (QED) is 0.724. The summed E-state index contributed by atoms with van der Waals surface area (Å²) in [6.45, 7) is 4.17. The average molecular weight is 281 g/mol. The Morgan fingerprint density at radius 3 is 2.90 bits per heavy atom. The van der Waals surface area contributed by atoms with Crippen molar-refractivity contribution in [3.8, 4) is 11.3 Å². The molecule has 2 aromatic heterocycles. The second-order valence-electron chi connectivity index (χ2n) is 5.23. The van der Waals surface area contributed by atoms with Gasteiger partial charge in [-0.05, 0) is 43.5 Å². The maximum Gasteiger partial charge on any atom is 0.156 e. The molecule has 0 amide bonds. The highest BCUT2D eigenvalue weighted by atomic mass is 32.1. The number of nitrogens with zero attached hydrogens (tertiary/aromatic N) is 2. The molecule has 4 rings (SSSR count).